The number of rotatable bonds is 1. The van der Waals surface area contributed by atoms with E-state index in [-0.39, 0.29) is 0 Å². The van der Waals surface area contributed by atoms with Gasteiger partial charge in [0.15, 0.2) is 0 Å². The topological polar surface area (TPSA) is 74.8 Å². The Bertz CT molecular complexity index is 355. The van der Waals surface area contributed by atoms with E-state index < -0.39 is 0 Å². The SMILES string of the molecule is Cc1cc(Cl)c(N)c(N=[N+]=[N-])c1. The van der Waals surface area contributed by atoms with E-state index in [0.717, 1.165) is 5.56 Å². The van der Waals surface area contributed by atoms with Crippen molar-refractivity contribution in [3.8, 4) is 0 Å². The van der Waals surface area contributed by atoms with Crippen LogP contribution in [0.2, 0.25) is 5.02 Å². The molecule has 2 N–H and O–H groups in total. The monoisotopic (exact) mass is 182 g/mol. The molecule has 0 aliphatic heterocycles. The number of nitrogens with two attached hydrogens (primary N) is 1. The van der Waals surface area contributed by atoms with Gasteiger partial charge in [0.05, 0.1) is 16.4 Å². The van der Waals surface area contributed by atoms with Crippen molar-refractivity contribution in [2.45, 2.75) is 6.92 Å². The van der Waals surface area contributed by atoms with Gasteiger partial charge in [-0.15, -0.1) is 0 Å². The quantitative estimate of drug-likeness (QED) is 0.308. The minimum atomic E-state index is 0.320. The van der Waals surface area contributed by atoms with Crippen LogP contribution in [0.4, 0.5) is 11.4 Å². The summed E-state index contributed by atoms with van der Waals surface area (Å²) in [5.41, 5.74) is 15.3. The molecule has 5 heteroatoms. The first-order chi connectivity index (χ1) is 5.65. The van der Waals surface area contributed by atoms with Gasteiger partial charge in [-0.05, 0) is 30.2 Å². The molecular weight excluding hydrogens is 176 g/mol. The lowest BCUT2D eigenvalue weighted by Gasteiger charge is -2.02. The summed E-state index contributed by atoms with van der Waals surface area (Å²) in [6, 6.07) is 3.40. The Balaban J connectivity index is 3.36. The van der Waals surface area contributed by atoms with Crippen molar-refractivity contribution in [1.82, 2.24) is 0 Å². The molecule has 0 radical (unpaired) electrons. The summed E-state index contributed by atoms with van der Waals surface area (Å²) >= 11 is 5.75. The lowest BCUT2D eigenvalue weighted by molar-refractivity contribution is 1.41. The Kier molecular flexibility index (Phi) is 2.43. The molecule has 0 saturated carbocycles. The van der Waals surface area contributed by atoms with Crippen LogP contribution in [0.25, 0.3) is 10.4 Å². The fourth-order valence-electron chi connectivity index (χ4n) is 0.866. The van der Waals surface area contributed by atoms with Crippen LogP contribution >= 0.6 is 11.6 Å². The van der Waals surface area contributed by atoms with Gasteiger partial charge >= 0.3 is 0 Å². The third kappa shape index (κ3) is 1.61. The normalized spacial score (nSPS) is 9.17. The first-order valence-corrected chi connectivity index (χ1v) is 3.63. The van der Waals surface area contributed by atoms with Crippen molar-refractivity contribution < 1.29 is 0 Å². The zero-order chi connectivity index (χ0) is 9.14. The largest absolute Gasteiger partial charge is 0.397 e. The minimum Gasteiger partial charge on any atom is -0.397 e. The third-order valence-corrected chi connectivity index (χ3v) is 1.72. The summed E-state index contributed by atoms with van der Waals surface area (Å²) < 4.78 is 0. The average molecular weight is 183 g/mol. The summed E-state index contributed by atoms with van der Waals surface area (Å²) in [5.74, 6) is 0. The van der Waals surface area contributed by atoms with Crippen molar-refractivity contribution >= 4 is 23.0 Å². The first kappa shape index (κ1) is 8.71. The number of hydrogen-bond donors (Lipinski definition) is 1. The Morgan fingerprint density at radius 3 is 2.83 bits per heavy atom. The molecule has 4 nitrogen and oxygen atoms in total. The molecule has 0 amide bonds. The van der Waals surface area contributed by atoms with Gasteiger partial charge in [0.2, 0.25) is 0 Å². The molecule has 12 heavy (non-hydrogen) atoms. The number of aryl methyl sites for hydroxylation is 1. The fourth-order valence-corrected chi connectivity index (χ4v) is 1.13. The summed E-state index contributed by atoms with van der Waals surface area (Å²) in [7, 11) is 0. The fraction of sp³-hybridized carbons (Fsp3) is 0.143. The smallest absolute Gasteiger partial charge is 0.0642 e. The third-order valence-electron chi connectivity index (χ3n) is 1.40. The highest BCUT2D eigenvalue weighted by molar-refractivity contribution is 6.33. The standard InChI is InChI=1S/C7H7ClN4/c1-4-2-5(8)7(9)6(3-4)11-12-10/h2-3H,9H2,1H3. The van der Waals surface area contributed by atoms with Gasteiger partial charge in [0.25, 0.3) is 0 Å². The molecule has 0 bridgehead atoms. The second-order valence-electron chi connectivity index (χ2n) is 2.37. The highest BCUT2D eigenvalue weighted by atomic mass is 35.5. The van der Waals surface area contributed by atoms with Crippen molar-refractivity contribution in [3.63, 3.8) is 0 Å². The van der Waals surface area contributed by atoms with E-state index in [4.69, 9.17) is 22.9 Å². The van der Waals surface area contributed by atoms with Crippen LogP contribution in [-0.2, 0) is 0 Å². The van der Waals surface area contributed by atoms with Crippen LogP contribution in [0.3, 0.4) is 0 Å². The van der Waals surface area contributed by atoms with Crippen LogP contribution < -0.4 is 5.73 Å². The van der Waals surface area contributed by atoms with E-state index in [0.29, 0.717) is 16.4 Å². The van der Waals surface area contributed by atoms with Gasteiger partial charge in [-0.25, -0.2) is 0 Å². The number of nitrogen functional groups attached to an aromatic ring is 1. The highest BCUT2D eigenvalue weighted by Gasteiger charge is 2.01. The van der Waals surface area contributed by atoms with Gasteiger partial charge in [-0.2, -0.15) is 0 Å². The van der Waals surface area contributed by atoms with E-state index in [2.05, 4.69) is 10.0 Å². The molecule has 1 aromatic carbocycles. The predicted molar refractivity (Wildman–Crippen MR) is 49.4 cm³/mol. The van der Waals surface area contributed by atoms with E-state index in [1.54, 1.807) is 12.1 Å². The van der Waals surface area contributed by atoms with Crippen molar-refractivity contribution in [2.75, 3.05) is 5.73 Å². The van der Waals surface area contributed by atoms with Gasteiger partial charge in [0, 0.05) is 4.91 Å². The molecule has 0 aliphatic carbocycles. The molecule has 1 rings (SSSR count). The van der Waals surface area contributed by atoms with Crippen LogP contribution in [0.15, 0.2) is 17.2 Å². The molecule has 1 aromatic rings. The number of azide groups is 1. The van der Waals surface area contributed by atoms with Crippen LogP contribution in [0.1, 0.15) is 5.56 Å². The van der Waals surface area contributed by atoms with Gasteiger partial charge < -0.3 is 5.73 Å². The van der Waals surface area contributed by atoms with E-state index in [1.807, 2.05) is 6.92 Å². The van der Waals surface area contributed by atoms with Gasteiger partial charge in [0.1, 0.15) is 0 Å². The summed E-state index contributed by atoms with van der Waals surface area (Å²) in [5, 5.41) is 3.81. The zero-order valence-electron chi connectivity index (χ0n) is 6.45. The van der Waals surface area contributed by atoms with Crippen molar-refractivity contribution in [1.29, 1.82) is 0 Å². The second-order valence-corrected chi connectivity index (χ2v) is 2.78. The van der Waals surface area contributed by atoms with Crippen LogP contribution in [-0.4, -0.2) is 0 Å². The lowest BCUT2D eigenvalue weighted by atomic mass is 10.2. The van der Waals surface area contributed by atoms with E-state index in [9.17, 15) is 0 Å². The maximum Gasteiger partial charge on any atom is 0.0642 e. The number of anilines is 1. The molecule has 0 aromatic heterocycles. The highest BCUT2D eigenvalue weighted by Crippen LogP contribution is 2.31. The summed E-state index contributed by atoms with van der Waals surface area (Å²) in [6.07, 6.45) is 0. The minimum absolute atomic E-state index is 0.320. The molecular formula is C7H7ClN4. The zero-order valence-corrected chi connectivity index (χ0v) is 7.21. The van der Waals surface area contributed by atoms with Gasteiger partial charge in [-0.1, -0.05) is 16.7 Å². The first-order valence-electron chi connectivity index (χ1n) is 3.26. The Morgan fingerprint density at radius 1 is 1.58 bits per heavy atom. The molecule has 0 spiro atoms. The molecule has 0 heterocycles. The summed E-state index contributed by atoms with van der Waals surface area (Å²) in [4.78, 5) is 2.64. The van der Waals surface area contributed by atoms with E-state index >= 15 is 0 Å². The molecule has 0 unspecified atom stereocenters. The number of nitrogens with zero attached hydrogens (tertiary/aromatic N) is 3. The molecule has 0 saturated heterocycles. The molecule has 0 aliphatic rings. The maximum atomic E-state index is 8.19. The molecule has 62 valence electrons. The average Bonchev–Trinajstić information content (AvgIpc) is 2.00. The van der Waals surface area contributed by atoms with Crippen molar-refractivity contribution in [3.05, 3.63) is 33.2 Å². The summed E-state index contributed by atoms with van der Waals surface area (Å²) in [6.45, 7) is 1.85. The van der Waals surface area contributed by atoms with Crippen molar-refractivity contribution in [2.24, 2.45) is 5.11 Å². The molecule has 0 fully saturated rings. The lowest BCUT2D eigenvalue weighted by Crippen LogP contribution is -1.87. The van der Waals surface area contributed by atoms with Crippen LogP contribution in [0.5, 0.6) is 0 Å². The Morgan fingerprint density at radius 2 is 2.25 bits per heavy atom. The number of benzene rings is 1. The Labute approximate surface area is 74.6 Å². The van der Waals surface area contributed by atoms with Crippen LogP contribution in [0, 0.1) is 6.92 Å². The predicted octanol–water partition coefficient (Wildman–Crippen LogP) is 3.17. The van der Waals surface area contributed by atoms with Gasteiger partial charge in [-0.3, -0.25) is 0 Å². The van der Waals surface area contributed by atoms with E-state index in [1.165, 1.54) is 0 Å². The molecule has 0 atom stereocenters. The Hall–Kier alpha value is -1.38. The second kappa shape index (κ2) is 3.34. The number of hydrogen-bond acceptors (Lipinski definition) is 2. The number of halogens is 1. The maximum absolute atomic E-state index is 8.19.